The lowest BCUT2D eigenvalue weighted by Gasteiger charge is -2.32. The quantitative estimate of drug-likeness (QED) is 0.917. The molecule has 0 bridgehead atoms. The number of nitrogens with zero attached hydrogens (tertiary/aromatic N) is 1. The summed E-state index contributed by atoms with van der Waals surface area (Å²) in [6.07, 6.45) is 0.179. The lowest BCUT2D eigenvalue weighted by molar-refractivity contribution is -0.139. The van der Waals surface area contributed by atoms with Gasteiger partial charge in [0.25, 0.3) is 0 Å². The zero-order chi connectivity index (χ0) is 14.8. The van der Waals surface area contributed by atoms with Crippen LogP contribution in [0.1, 0.15) is 26.7 Å². The molecule has 5 nitrogen and oxygen atoms in total. The predicted molar refractivity (Wildman–Crippen MR) is 74.9 cm³/mol. The first-order valence-electron chi connectivity index (χ1n) is 6.63. The van der Waals surface area contributed by atoms with Crippen molar-refractivity contribution in [1.29, 1.82) is 0 Å². The van der Waals surface area contributed by atoms with Crippen molar-refractivity contribution in [2.75, 3.05) is 18.1 Å². The van der Waals surface area contributed by atoms with E-state index in [4.69, 9.17) is 9.84 Å². The lowest BCUT2D eigenvalue weighted by Crippen LogP contribution is -2.40. The Balaban J connectivity index is 2.13. The van der Waals surface area contributed by atoms with Gasteiger partial charge in [-0.2, -0.15) is 0 Å². The lowest BCUT2D eigenvalue weighted by atomic mass is 9.85. The molecule has 1 aromatic carbocycles. The molecule has 5 heteroatoms. The molecule has 0 saturated heterocycles. The van der Waals surface area contributed by atoms with Crippen molar-refractivity contribution >= 4 is 17.6 Å². The fourth-order valence-electron chi connectivity index (χ4n) is 2.41. The summed E-state index contributed by atoms with van der Waals surface area (Å²) in [5, 5.41) is 8.89. The first-order valence-corrected chi connectivity index (χ1v) is 6.63. The van der Waals surface area contributed by atoms with Crippen molar-refractivity contribution in [3.63, 3.8) is 0 Å². The summed E-state index contributed by atoms with van der Waals surface area (Å²) < 4.78 is 5.51. The van der Waals surface area contributed by atoms with Gasteiger partial charge in [-0.25, -0.2) is 0 Å². The van der Waals surface area contributed by atoms with Crippen molar-refractivity contribution in [1.82, 2.24) is 0 Å². The Labute approximate surface area is 118 Å². The number of carbonyl (C=O) groups excluding carboxylic acids is 1. The Morgan fingerprint density at radius 1 is 1.30 bits per heavy atom. The fraction of sp³-hybridized carbons (Fsp3) is 0.467. The Bertz CT molecular complexity index is 524. The number of rotatable bonds is 4. The number of amides is 1. The summed E-state index contributed by atoms with van der Waals surface area (Å²) in [4.78, 5) is 24.9. The number of para-hydroxylation sites is 2. The summed E-state index contributed by atoms with van der Waals surface area (Å²) in [6.45, 7) is 4.55. The second-order valence-corrected chi connectivity index (χ2v) is 5.77. The third-order valence-corrected chi connectivity index (χ3v) is 3.29. The number of carboxylic acids is 1. The molecule has 0 aromatic heterocycles. The van der Waals surface area contributed by atoms with Crippen LogP contribution in [0, 0.1) is 5.41 Å². The van der Waals surface area contributed by atoms with Crippen LogP contribution in [0.5, 0.6) is 5.75 Å². The number of anilines is 1. The van der Waals surface area contributed by atoms with Gasteiger partial charge in [0.2, 0.25) is 5.91 Å². The summed E-state index contributed by atoms with van der Waals surface area (Å²) in [5.41, 5.74) is 0.200. The van der Waals surface area contributed by atoms with E-state index in [0.717, 1.165) is 5.69 Å². The summed E-state index contributed by atoms with van der Waals surface area (Å²) in [5.74, 6) is -0.250. The molecular weight excluding hydrogens is 258 g/mol. The normalized spacial score (nSPS) is 14.4. The van der Waals surface area contributed by atoms with Gasteiger partial charge in [-0.05, 0) is 17.5 Å². The van der Waals surface area contributed by atoms with Crippen LogP contribution in [0.3, 0.4) is 0 Å². The largest absolute Gasteiger partial charge is 0.490 e. The molecule has 1 aliphatic rings. The molecule has 1 heterocycles. The van der Waals surface area contributed by atoms with Crippen molar-refractivity contribution in [3.8, 4) is 5.75 Å². The standard InChI is InChI=1S/C15H19NO4/c1-15(2,10-14(18)19)9-13(17)16-7-8-20-12-6-4-3-5-11(12)16/h3-6H,7-10H2,1-2H3,(H,18,19). The van der Waals surface area contributed by atoms with Crippen LogP contribution in [0.15, 0.2) is 24.3 Å². The smallest absolute Gasteiger partial charge is 0.303 e. The molecule has 0 saturated carbocycles. The molecule has 1 aromatic rings. The molecule has 20 heavy (non-hydrogen) atoms. The Hall–Kier alpha value is -2.04. The number of carboxylic acid groups (broad SMARTS) is 1. The Morgan fingerprint density at radius 3 is 2.70 bits per heavy atom. The van der Waals surface area contributed by atoms with Crippen LogP contribution in [0.25, 0.3) is 0 Å². The number of hydrogen-bond acceptors (Lipinski definition) is 3. The van der Waals surface area contributed by atoms with Gasteiger partial charge >= 0.3 is 5.97 Å². The Morgan fingerprint density at radius 2 is 2.00 bits per heavy atom. The summed E-state index contributed by atoms with van der Waals surface area (Å²) in [6, 6.07) is 7.39. The molecule has 1 amide bonds. The minimum absolute atomic E-state index is 0.0231. The summed E-state index contributed by atoms with van der Waals surface area (Å²) >= 11 is 0. The third-order valence-electron chi connectivity index (χ3n) is 3.29. The molecule has 0 radical (unpaired) electrons. The molecule has 0 spiro atoms. The van der Waals surface area contributed by atoms with E-state index in [0.29, 0.717) is 18.9 Å². The van der Waals surface area contributed by atoms with E-state index in [1.54, 1.807) is 18.7 Å². The first kappa shape index (κ1) is 14.4. The van der Waals surface area contributed by atoms with Gasteiger partial charge in [-0.3, -0.25) is 9.59 Å². The zero-order valence-electron chi connectivity index (χ0n) is 11.8. The number of benzene rings is 1. The van der Waals surface area contributed by atoms with E-state index in [-0.39, 0.29) is 18.7 Å². The van der Waals surface area contributed by atoms with Crippen LogP contribution >= 0.6 is 0 Å². The third kappa shape index (κ3) is 3.29. The molecule has 2 rings (SSSR count). The maximum Gasteiger partial charge on any atom is 0.303 e. The SMILES string of the molecule is CC(C)(CC(=O)O)CC(=O)N1CCOc2ccccc21. The van der Waals surface area contributed by atoms with Crippen LogP contribution in [-0.2, 0) is 9.59 Å². The van der Waals surface area contributed by atoms with Crippen LogP contribution in [0.4, 0.5) is 5.69 Å². The van der Waals surface area contributed by atoms with Gasteiger partial charge in [0.15, 0.2) is 0 Å². The molecule has 108 valence electrons. The first-order chi connectivity index (χ1) is 9.39. The van der Waals surface area contributed by atoms with Gasteiger partial charge < -0.3 is 14.7 Å². The highest BCUT2D eigenvalue weighted by Gasteiger charge is 2.30. The second-order valence-electron chi connectivity index (χ2n) is 5.77. The minimum atomic E-state index is -0.884. The molecule has 1 N–H and O–H groups in total. The monoisotopic (exact) mass is 277 g/mol. The van der Waals surface area contributed by atoms with Gasteiger partial charge in [0.1, 0.15) is 12.4 Å². The van der Waals surface area contributed by atoms with Crippen LogP contribution < -0.4 is 9.64 Å². The molecule has 0 aliphatic carbocycles. The second kappa shape index (κ2) is 5.53. The number of aliphatic carboxylic acids is 1. The van der Waals surface area contributed by atoms with Gasteiger partial charge in [-0.15, -0.1) is 0 Å². The number of hydrogen-bond donors (Lipinski definition) is 1. The highest BCUT2D eigenvalue weighted by Crippen LogP contribution is 2.33. The highest BCUT2D eigenvalue weighted by molar-refractivity contribution is 5.95. The van der Waals surface area contributed by atoms with Gasteiger partial charge in [-0.1, -0.05) is 26.0 Å². The zero-order valence-corrected chi connectivity index (χ0v) is 11.8. The van der Waals surface area contributed by atoms with E-state index in [2.05, 4.69) is 0 Å². The highest BCUT2D eigenvalue weighted by atomic mass is 16.5. The number of ether oxygens (including phenoxy) is 1. The van der Waals surface area contributed by atoms with E-state index >= 15 is 0 Å². The maximum atomic E-state index is 12.4. The fourth-order valence-corrected chi connectivity index (χ4v) is 2.41. The average Bonchev–Trinajstić information content (AvgIpc) is 2.35. The van der Waals surface area contributed by atoms with Crippen molar-refractivity contribution in [2.45, 2.75) is 26.7 Å². The summed E-state index contributed by atoms with van der Waals surface area (Å²) in [7, 11) is 0. The topological polar surface area (TPSA) is 66.8 Å². The Kier molecular flexibility index (Phi) is 3.97. The molecule has 0 atom stereocenters. The van der Waals surface area contributed by atoms with Crippen molar-refractivity contribution in [2.24, 2.45) is 5.41 Å². The predicted octanol–water partition coefficient (Wildman–Crippen LogP) is 2.30. The van der Waals surface area contributed by atoms with Gasteiger partial charge in [0, 0.05) is 6.42 Å². The maximum absolute atomic E-state index is 12.4. The minimum Gasteiger partial charge on any atom is -0.490 e. The van der Waals surface area contributed by atoms with Gasteiger partial charge in [0.05, 0.1) is 18.7 Å². The van der Waals surface area contributed by atoms with Crippen LogP contribution in [0.2, 0.25) is 0 Å². The molecule has 0 unspecified atom stereocenters. The van der Waals surface area contributed by atoms with E-state index in [1.165, 1.54) is 0 Å². The van der Waals surface area contributed by atoms with Crippen molar-refractivity contribution in [3.05, 3.63) is 24.3 Å². The van der Waals surface area contributed by atoms with E-state index in [1.807, 2.05) is 24.3 Å². The molecular formula is C15H19NO4. The van der Waals surface area contributed by atoms with E-state index < -0.39 is 11.4 Å². The van der Waals surface area contributed by atoms with E-state index in [9.17, 15) is 9.59 Å². The number of fused-ring (bicyclic) bond motifs is 1. The van der Waals surface area contributed by atoms with Crippen molar-refractivity contribution < 1.29 is 19.4 Å². The molecule has 0 fully saturated rings. The van der Waals surface area contributed by atoms with Crippen LogP contribution in [-0.4, -0.2) is 30.1 Å². The number of carbonyl (C=O) groups is 2. The molecule has 1 aliphatic heterocycles. The average molecular weight is 277 g/mol.